The van der Waals surface area contributed by atoms with E-state index < -0.39 is 0 Å². The lowest BCUT2D eigenvalue weighted by atomic mass is 10.0. The monoisotopic (exact) mass is 462 g/mol. The SMILES string of the molecule is CN1CCCN(C(=O)CNc2nnc(-c3ccccc3)c(Cl)c2C(=N)c2ccccc2)CC1. The van der Waals surface area contributed by atoms with Gasteiger partial charge >= 0.3 is 0 Å². The summed E-state index contributed by atoms with van der Waals surface area (Å²) in [5, 5.41) is 21.0. The molecule has 0 saturated carbocycles. The molecule has 0 atom stereocenters. The minimum Gasteiger partial charge on any atom is -0.359 e. The van der Waals surface area contributed by atoms with Crippen LogP contribution in [0.25, 0.3) is 11.3 Å². The molecule has 4 rings (SSSR count). The molecule has 1 aliphatic rings. The van der Waals surface area contributed by atoms with Crippen molar-refractivity contribution < 1.29 is 4.79 Å². The largest absolute Gasteiger partial charge is 0.359 e. The van der Waals surface area contributed by atoms with Crippen LogP contribution in [0.1, 0.15) is 17.5 Å². The van der Waals surface area contributed by atoms with E-state index in [4.69, 9.17) is 17.0 Å². The number of hydrogen-bond donors (Lipinski definition) is 2. The van der Waals surface area contributed by atoms with Gasteiger partial charge in [-0.05, 0) is 20.0 Å². The lowest BCUT2D eigenvalue weighted by Gasteiger charge is -2.21. The Bertz CT molecular complexity index is 1120. The highest BCUT2D eigenvalue weighted by Crippen LogP contribution is 2.33. The molecule has 0 unspecified atom stereocenters. The standard InChI is InChI=1S/C25H27ClN6O/c1-31-13-8-14-32(16-15-31)20(33)17-28-25-21(23(27)18-9-4-2-5-10-18)22(26)24(29-30-25)19-11-6-3-7-12-19/h2-7,9-12,27H,8,13-17H2,1H3,(H,28,30). The Balaban J connectivity index is 1.63. The zero-order valence-corrected chi connectivity index (χ0v) is 19.3. The van der Waals surface area contributed by atoms with Crippen LogP contribution in [0.4, 0.5) is 5.82 Å². The Morgan fingerprint density at radius 2 is 1.70 bits per heavy atom. The fraction of sp³-hybridized carbons (Fsp3) is 0.280. The van der Waals surface area contributed by atoms with E-state index in [0.29, 0.717) is 34.2 Å². The van der Waals surface area contributed by atoms with Gasteiger partial charge in [-0.3, -0.25) is 10.2 Å². The number of benzene rings is 2. The van der Waals surface area contributed by atoms with Gasteiger partial charge in [0.1, 0.15) is 5.69 Å². The molecule has 7 nitrogen and oxygen atoms in total. The molecule has 0 radical (unpaired) electrons. The molecule has 1 fully saturated rings. The van der Waals surface area contributed by atoms with Gasteiger partial charge in [0, 0.05) is 30.8 Å². The molecule has 170 valence electrons. The number of likely N-dealkylation sites (N-methyl/N-ethyl adjacent to an activating group) is 1. The van der Waals surface area contributed by atoms with Crippen LogP contribution in [0.15, 0.2) is 60.7 Å². The van der Waals surface area contributed by atoms with Crippen molar-refractivity contribution in [3.05, 3.63) is 76.8 Å². The van der Waals surface area contributed by atoms with E-state index in [1.165, 1.54) is 0 Å². The van der Waals surface area contributed by atoms with Crippen LogP contribution in [0.3, 0.4) is 0 Å². The van der Waals surface area contributed by atoms with Gasteiger partial charge < -0.3 is 15.1 Å². The first kappa shape index (κ1) is 22.9. The maximum atomic E-state index is 12.9. The van der Waals surface area contributed by atoms with Gasteiger partial charge in [-0.25, -0.2) is 0 Å². The molecule has 0 bridgehead atoms. The van der Waals surface area contributed by atoms with E-state index in [0.717, 1.165) is 31.6 Å². The molecule has 33 heavy (non-hydrogen) atoms. The highest BCUT2D eigenvalue weighted by molar-refractivity contribution is 6.38. The molecule has 1 saturated heterocycles. The minimum atomic E-state index is -0.00690. The van der Waals surface area contributed by atoms with Crippen LogP contribution in [-0.2, 0) is 4.79 Å². The van der Waals surface area contributed by atoms with Crippen LogP contribution in [0.5, 0.6) is 0 Å². The van der Waals surface area contributed by atoms with Crippen molar-refractivity contribution in [3.8, 4) is 11.3 Å². The smallest absolute Gasteiger partial charge is 0.241 e. The average molecular weight is 463 g/mol. The number of anilines is 1. The van der Waals surface area contributed by atoms with Crippen molar-refractivity contribution in [1.82, 2.24) is 20.0 Å². The van der Waals surface area contributed by atoms with Crippen LogP contribution in [0, 0.1) is 5.41 Å². The van der Waals surface area contributed by atoms with Crippen molar-refractivity contribution >= 4 is 29.0 Å². The van der Waals surface area contributed by atoms with Crippen molar-refractivity contribution in [2.45, 2.75) is 6.42 Å². The Kier molecular flexibility index (Phi) is 7.32. The predicted molar refractivity (Wildman–Crippen MR) is 132 cm³/mol. The molecule has 0 aliphatic carbocycles. The van der Waals surface area contributed by atoms with Crippen molar-refractivity contribution in [2.24, 2.45) is 0 Å². The Hall–Kier alpha value is -3.29. The van der Waals surface area contributed by atoms with Gasteiger partial charge in [0.25, 0.3) is 0 Å². The number of rotatable bonds is 6. The quantitative estimate of drug-likeness (QED) is 0.544. The maximum absolute atomic E-state index is 12.9. The van der Waals surface area contributed by atoms with E-state index >= 15 is 0 Å². The maximum Gasteiger partial charge on any atom is 0.241 e. The summed E-state index contributed by atoms with van der Waals surface area (Å²) < 4.78 is 0. The molecule has 2 N–H and O–H groups in total. The molecule has 8 heteroatoms. The van der Waals surface area contributed by atoms with Crippen molar-refractivity contribution in [3.63, 3.8) is 0 Å². The molecule has 2 aromatic carbocycles. The zero-order valence-electron chi connectivity index (χ0n) is 18.6. The lowest BCUT2D eigenvalue weighted by Crippen LogP contribution is -2.38. The second kappa shape index (κ2) is 10.6. The summed E-state index contributed by atoms with van der Waals surface area (Å²) >= 11 is 6.81. The number of carbonyl (C=O) groups is 1. The molecule has 1 aromatic heterocycles. The van der Waals surface area contributed by atoms with Gasteiger partial charge in [-0.1, -0.05) is 72.3 Å². The highest BCUT2D eigenvalue weighted by atomic mass is 35.5. The van der Waals surface area contributed by atoms with Gasteiger partial charge in [0.05, 0.1) is 22.8 Å². The van der Waals surface area contributed by atoms with Crippen LogP contribution in [-0.4, -0.2) is 71.4 Å². The van der Waals surface area contributed by atoms with Gasteiger partial charge in [0.15, 0.2) is 5.82 Å². The molecule has 3 aromatic rings. The number of carbonyl (C=O) groups excluding carboxylic acids is 1. The normalized spacial score (nSPS) is 14.5. The third-order valence-electron chi connectivity index (χ3n) is 5.75. The van der Waals surface area contributed by atoms with Gasteiger partial charge in [-0.15, -0.1) is 10.2 Å². The van der Waals surface area contributed by atoms with E-state index in [1.54, 1.807) is 0 Å². The number of halogens is 1. The first-order valence-electron chi connectivity index (χ1n) is 11.0. The average Bonchev–Trinajstić information content (AvgIpc) is 3.07. The highest BCUT2D eigenvalue weighted by Gasteiger charge is 2.23. The third-order valence-corrected chi connectivity index (χ3v) is 6.12. The number of nitrogens with one attached hydrogen (secondary N) is 2. The number of hydrogen-bond acceptors (Lipinski definition) is 6. The molecule has 2 heterocycles. The van der Waals surface area contributed by atoms with E-state index in [2.05, 4.69) is 27.5 Å². The van der Waals surface area contributed by atoms with E-state index in [-0.39, 0.29) is 18.2 Å². The summed E-state index contributed by atoms with van der Waals surface area (Å²) in [5.41, 5.74) is 2.67. The van der Waals surface area contributed by atoms with Gasteiger partial charge in [0.2, 0.25) is 5.91 Å². The topological polar surface area (TPSA) is 85.2 Å². The first-order chi connectivity index (χ1) is 16.0. The lowest BCUT2D eigenvalue weighted by molar-refractivity contribution is -0.129. The summed E-state index contributed by atoms with van der Waals surface area (Å²) in [6.45, 7) is 3.33. The Morgan fingerprint density at radius 3 is 2.42 bits per heavy atom. The van der Waals surface area contributed by atoms with Crippen LogP contribution in [0.2, 0.25) is 5.02 Å². The molecule has 0 spiro atoms. The van der Waals surface area contributed by atoms with Crippen molar-refractivity contribution in [2.75, 3.05) is 45.1 Å². The predicted octanol–water partition coefficient (Wildman–Crippen LogP) is 3.79. The van der Waals surface area contributed by atoms with Crippen molar-refractivity contribution in [1.29, 1.82) is 5.41 Å². The fourth-order valence-electron chi connectivity index (χ4n) is 3.86. The zero-order chi connectivity index (χ0) is 23.2. The van der Waals surface area contributed by atoms with Crippen LogP contribution >= 0.6 is 11.6 Å². The Labute approximate surface area is 198 Å². The molecular formula is C25H27ClN6O. The first-order valence-corrected chi connectivity index (χ1v) is 11.4. The van der Waals surface area contributed by atoms with Crippen LogP contribution < -0.4 is 5.32 Å². The van der Waals surface area contributed by atoms with Gasteiger partial charge in [-0.2, -0.15) is 0 Å². The molecular weight excluding hydrogens is 436 g/mol. The summed E-state index contributed by atoms with van der Waals surface area (Å²) in [5.74, 6) is 0.321. The summed E-state index contributed by atoms with van der Waals surface area (Å²) in [4.78, 5) is 17.0. The minimum absolute atomic E-state index is 0.00690. The molecule has 1 amide bonds. The third kappa shape index (κ3) is 5.38. The van der Waals surface area contributed by atoms with E-state index in [1.807, 2.05) is 65.6 Å². The fourth-order valence-corrected chi connectivity index (χ4v) is 4.20. The second-order valence-electron chi connectivity index (χ2n) is 8.08. The summed E-state index contributed by atoms with van der Waals surface area (Å²) in [6.07, 6.45) is 0.948. The second-order valence-corrected chi connectivity index (χ2v) is 8.46. The number of aromatic nitrogens is 2. The summed E-state index contributed by atoms with van der Waals surface area (Å²) in [6, 6.07) is 18.9. The van der Waals surface area contributed by atoms with E-state index in [9.17, 15) is 4.79 Å². The number of nitrogens with zero attached hydrogens (tertiary/aromatic N) is 4. The Morgan fingerprint density at radius 1 is 1.00 bits per heavy atom. The number of amides is 1. The molecule has 1 aliphatic heterocycles. The summed E-state index contributed by atoms with van der Waals surface area (Å²) in [7, 11) is 2.07.